The van der Waals surface area contributed by atoms with Crippen molar-refractivity contribution in [1.29, 1.82) is 0 Å². The minimum absolute atomic E-state index is 0.202. The Morgan fingerprint density at radius 2 is 1.53 bits per heavy atom. The summed E-state index contributed by atoms with van der Waals surface area (Å²) in [4.78, 5) is 50.5. The Morgan fingerprint density at radius 1 is 0.833 bits per heavy atom. The molecule has 0 radical (unpaired) electrons. The molecule has 1 aromatic heterocycles. The third-order valence-corrected chi connectivity index (χ3v) is 5.70. The molecule has 36 heavy (non-hydrogen) atoms. The van der Waals surface area contributed by atoms with Crippen molar-refractivity contribution in [3.05, 3.63) is 105 Å². The number of aromatic nitrogens is 2. The van der Waals surface area contributed by atoms with Crippen molar-refractivity contribution >= 4 is 34.2 Å². The van der Waals surface area contributed by atoms with Crippen molar-refractivity contribution in [3.8, 4) is 0 Å². The van der Waals surface area contributed by atoms with E-state index in [1.165, 1.54) is 4.57 Å². The van der Waals surface area contributed by atoms with Crippen LogP contribution in [0.25, 0.3) is 10.9 Å². The Balaban J connectivity index is 1.42. The second-order valence-corrected chi connectivity index (χ2v) is 8.36. The summed E-state index contributed by atoms with van der Waals surface area (Å²) in [6, 6.07) is 21.0. The molecule has 9 nitrogen and oxygen atoms in total. The van der Waals surface area contributed by atoms with E-state index in [2.05, 4.69) is 16.0 Å². The van der Waals surface area contributed by atoms with Crippen LogP contribution >= 0.6 is 0 Å². The highest BCUT2D eigenvalue weighted by atomic mass is 16.2. The van der Waals surface area contributed by atoms with Gasteiger partial charge in [-0.25, -0.2) is 9.59 Å². The Bertz CT molecular complexity index is 1550. The van der Waals surface area contributed by atoms with E-state index < -0.39 is 5.69 Å². The van der Waals surface area contributed by atoms with Crippen LogP contribution in [0.5, 0.6) is 0 Å². The van der Waals surface area contributed by atoms with Gasteiger partial charge >= 0.3 is 11.7 Å². The van der Waals surface area contributed by atoms with Gasteiger partial charge in [-0.15, -0.1) is 0 Å². The largest absolute Gasteiger partial charge is 0.350 e. The highest BCUT2D eigenvalue weighted by Crippen LogP contribution is 2.13. The Morgan fingerprint density at radius 3 is 2.25 bits per heavy atom. The molecule has 0 atom stereocenters. The Labute approximate surface area is 207 Å². The van der Waals surface area contributed by atoms with Crippen LogP contribution in [0.2, 0.25) is 0 Å². The first kappa shape index (κ1) is 24.5. The van der Waals surface area contributed by atoms with Gasteiger partial charge in [-0.2, -0.15) is 0 Å². The zero-order valence-corrected chi connectivity index (χ0v) is 20.1. The molecule has 4 rings (SSSR count). The summed E-state index contributed by atoms with van der Waals surface area (Å²) in [5, 5.41) is 8.76. The molecule has 0 aliphatic carbocycles. The van der Waals surface area contributed by atoms with Gasteiger partial charge in [-0.05, 0) is 61.4 Å². The van der Waals surface area contributed by atoms with E-state index in [0.29, 0.717) is 22.3 Å². The van der Waals surface area contributed by atoms with E-state index in [-0.39, 0.29) is 37.1 Å². The smallest absolute Gasteiger partial charge is 0.331 e. The average Bonchev–Trinajstić information content (AvgIpc) is 2.86. The van der Waals surface area contributed by atoms with Gasteiger partial charge in [0.15, 0.2) is 0 Å². The minimum atomic E-state index is -0.526. The first-order valence-corrected chi connectivity index (χ1v) is 11.6. The summed E-state index contributed by atoms with van der Waals surface area (Å²) in [7, 11) is 0. The second kappa shape index (κ2) is 10.7. The SMILES string of the molecule is CCn1c(=O)c2ccccc2n(CC(=O)NCc2cccc(NC(=O)Nc3cccc(C)c3)c2)c1=O. The van der Waals surface area contributed by atoms with E-state index in [1.54, 1.807) is 55.5 Å². The molecule has 3 amide bonds. The number of hydrogen-bond acceptors (Lipinski definition) is 4. The molecule has 0 fully saturated rings. The quantitative estimate of drug-likeness (QED) is 0.372. The molecule has 0 saturated heterocycles. The van der Waals surface area contributed by atoms with Gasteiger partial charge in [-0.1, -0.05) is 36.4 Å². The normalized spacial score (nSPS) is 10.7. The van der Waals surface area contributed by atoms with Crippen LogP contribution in [0.4, 0.5) is 16.2 Å². The molecule has 1 heterocycles. The van der Waals surface area contributed by atoms with Crippen LogP contribution in [0.3, 0.4) is 0 Å². The fraction of sp³-hybridized carbons (Fsp3) is 0.185. The van der Waals surface area contributed by atoms with Crippen LogP contribution in [0.15, 0.2) is 82.4 Å². The molecular formula is C27H27N5O4. The molecule has 0 saturated carbocycles. The first-order chi connectivity index (χ1) is 17.4. The molecule has 184 valence electrons. The average molecular weight is 486 g/mol. The number of amides is 3. The fourth-order valence-electron chi connectivity index (χ4n) is 3.98. The van der Waals surface area contributed by atoms with E-state index in [1.807, 2.05) is 31.2 Å². The molecule has 3 aromatic carbocycles. The summed E-state index contributed by atoms with van der Waals surface area (Å²) in [5.74, 6) is -0.376. The number of urea groups is 1. The fourth-order valence-corrected chi connectivity index (χ4v) is 3.98. The standard InChI is InChI=1S/C27H27N5O4/c1-3-31-25(34)22-12-4-5-13-23(22)32(27(31)36)17-24(33)28-16-19-9-7-11-21(15-19)30-26(35)29-20-10-6-8-18(2)14-20/h4-15H,3,16-17H2,1-2H3,(H,28,33)(H2,29,30,35). The summed E-state index contributed by atoms with van der Waals surface area (Å²) in [6.07, 6.45) is 0. The monoisotopic (exact) mass is 485 g/mol. The predicted molar refractivity (Wildman–Crippen MR) is 140 cm³/mol. The molecule has 0 spiro atoms. The van der Waals surface area contributed by atoms with Gasteiger partial charge in [0.05, 0.1) is 10.9 Å². The molecular weight excluding hydrogens is 458 g/mol. The molecule has 0 unspecified atom stereocenters. The van der Waals surface area contributed by atoms with Gasteiger partial charge in [0, 0.05) is 24.5 Å². The van der Waals surface area contributed by atoms with E-state index in [9.17, 15) is 19.2 Å². The lowest BCUT2D eigenvalue weighted by atomic mass is 10.2. The highest BCUT2D eigenvalue weighted by Gasteiger charge is 2.14. The van der Waals surface area contributed by atoms with Crippen molar-refractivity contribution in [1.82, 2.24) is 14.5 Å². The predicted octanol–water partition coefficient (Wildman–Crippen LogP) is 3.45. The summed E-state index contributed by atoms with van der Waals surface area (Å²) < 4.78 is 2.43. The lowest BCUT2D eigenvalue weighted by Crippen LogP contribution is -2.42. The summed E-state index contributed by atoms with van der Waals surface area (Å²) in [6.45, 7) is 3.84. The molecule has 0 aliphatic rings. The Kier molecular flexibility index (Phi) is 7.29. The number of benzene rings is 3. The number of anilines is 2. The molecule has 4 aromatic rings. The zero-order chi connectivity index (χ0) is 25.7. The number of para-hydroxylation sites is 1. The second-order valence-electron chi connectivity index (χ2n) is 8.36. The van der Waals surface area contributed by atoms with E-state index in [0.717, 1.165) is 15.7 Å². The molecule has 9 heteroatoms. The van der Waals surface area contributed by atoms with E-state index >= 15 is 0 Å². The molecule has 0 aliphatic heterocycles. The van der Waals surface area contributed by atoms with Gasteiger partial charge in [0.25, 0.3) is 5.56 Å². The van der Waals surface area contributed by atoms with Crippen LogP contribution in [0, 0.1) is 6.92 Å². The number of aryl methyl sites for hydroxylation is 1. The summed E-state index contributed by atoms with van der Waals surface area (Å²) >= 11 is 0. The first-order valence-electron chi connectivity index (χ1n) is 11.6. The van der Waals surface area contributed by atoms with Crippen molar-refractivity contribution in [2.75, 3.05) is 10.6 Å². The third kappa shape index (κ3) is 5.52. The number of fused-ring (bicyclic) bond motifs is 1. The summed E-state index contributed by atoms with van der Waals surface area (Å²) in [5.41, 5.74) is 2.59. The lowest BCUT2D eigenvalue weighted by molar-refractivity contribution is -0.121. The van der Waals surface area contributed by atoms with Crippen molar-refractivity contribution in [2.45, 2.75) is 33.5 Å². The topological polar surface area (TPSA) is 114 Å². The number of rotatable bonds is 7. The lowest BCUT2D eigenvalue weighted by Gasteiger charge is -2.13. The third-order valence-electron chi connectivity index (χ3n) is 5.70. The van der Waals surface area contributed by atoms with E-state index in [4.69, 9.17) is 0 Å². The van der Waals surface area contributed by atoms with Gasteiger partial charge in [0.2, 0.25) is 5.91 Å². The van der Waals surface area contributed by atoms with Crippen LogP contribution in [-0.2, 0) is 24.4 Å². The van der Waals surface area contributed by atoms with Gasteiger partial charge < -0.3 is 16.0 Å². The zero-order valence-electron chi connectivity index (χ0n) is 20.1. The number of nitrogens with zero attached hydrogens (tertiary/aromatic N) is 2. The number of hydrogen-bond donors (Lipinski definition) is 3. The maximum Gasteiger partial charge on any atom is 0.331 e. The number of carbonyl (C=O) groups excluding carboxylic acids is 2. The molecule has 3 N–H and O–H groups in total. The molecule has 0 bridgehead atoms. The van der Waals surface area contributed by atoms with Gasteiger partial charge in [-0.3, -0.25) is 18.7 Å². The van der Waals surface area contributed by atoms with Crippen molar-refractivity contribution in [3.63, 3.8) is 0 Å². The Hall–Kier alpha value is -4.66. The van der Waals surface area contributed by atoms with Crippen molar-refractivity contribution < 1.29 is 9.59 Å². The maximum atomic E-state index is 12.8. The maximum absolute atomic E-state index is 12.8. The van der Waals surface area contributed by atoms with Crippen LogP contribution in [-0.4, -0.2) is 21.1 Å². The van der Waals surface area contributed by atoms with Gasteiger partial charge in [0.1, 0.15) is 6.54 Å². The van der Waals surface area contributed by atoms with Crippen LogP contribution < -0.4 is 27.2 Å². The van der Waals surface area contributed by atoms with Crippen LogP contribution in [0.1, 0.15) is 18.1 Å². The number of carbonyl (C=O) groups is 2. The number of nitrogens with one attached hydrogen (secondary N) is 3. The minimum Gasteiger partial charge on any atom is -0.350 e. The highest BCUT2D eigenvalue weighted by molar-refractivity contribution is 5.99. The van der Waals surface area contributed by atoms with Crippen molar-refractivity contribution in [2.24, 2.45) is 0 Å².